The largest absolute Gasteiger partial charge is 0.392 e. The summed E-state index contributed by atoms with van der Waals surface area (Å²) < 4.78 is 12.6. The minimum Gasteiger partial charge on any atom is -0.392 e. The van der Waals surface area contributed by atoms with Gasteiger partial charge in [0, 0.05) is 6.42 Å². The van der Waals surface area contributed by atoms with Gasteiger partial charge in [0.1, 0.15) is 5.82 Å². The molecule has 0 aromatic heterocycles. The van der Waals surface area contributed by atoms with Gasteiger partial charge in [0.05, 0.1) is 12.3 Å². The standard InChI is InChI=1S/C10H10FNO2/c11-8-3-1-7(2-4-8)10-5-9(6-13)14-12-10/h1-4,9,13H,5-6H2. The van der Waals surface area contributed by atoms with E-state index in [1.165, 1.54) is 12.1 Å². The zero-order valence-corrected chi connectivity index (χ0v) is 7.48. The van der Waals surface area contributed by atoms with Crippen molar-refractivity contribution in [3.8, 4) is 0 Å². The molecule has 1 aromatic rings. The summed E-state index contributed by atoms with van der Waals surface area (Å²) in [5.41, 5.74) is 1.59. The van der Waals surface area contributed by atoms with Crippen LogP contribution in [0, 0.1) is 5.82 Å². The lowest BCUT2D eigenvalue weighted by Gasteiger charge is -2.01. The SMILES string of the molecule is OCC1CC(c2ccc(F)cc2)=NO1. The molecule has 0 radical (unpaired) electrons. The monoisotopic (exact) mass is 195 g/mol. The molecule has 3 nitrogen and oxygen atoms in total. The molecule has 0 aliphatic carbocycles. The lowest BCUT2D eigenvalue weighted by atomic mass is 10.1. The third kappa shape index (κ3) is 1.75. The number of hydrogen-bond donors (Lipinski definition) is 1. The molecule has 1 N–H and O–H groups in total. The molecular weight excluding hydrogens is 185 g/mol. The summed E-state index contributed by atoms with van der Waals surface area (Å²) in [5.74, 6) is -0.271. The van der Waals surface area contributed by atoms with Crippen LogP contribution in [0.15, 0.2) is 29.4 Å². The van der Waals surface area contributed by atoms with Gasteiger partial charge in [-0.3, -0.25) is 0 Å². The van der Waals surface area contributed by atoms with Crippen molar-refractivity contribution in [2.45, 2.75) is 12.5 Å². The van der Waals surface area contributed by atoms with Gasteiger partial charge >= 0.3 is 0 Å². The highest BCUT2D eigenvalue weighted by molar-refractivity contribution is 6.01. The number of aliphatic hydroxyl groups is 1. The molecular formula is C10H10FNO2. The first-order valence-corrected chi connectivity index (χ1v) is 4.39. The highest BCUT2D eigenvalue weighted by atomic mass is 19.1. The summed E-state index contributed by atoms with van der Waals surface area (Å²) in [6.07, 6.45) is 0.317. The highest BCUT2D eigenvalue weighted by Gasteiger charge is 2.20. The molecule has 2 rings (SSSR count). The zero-order valence-electron chi connectivity index (χ0n) is 7.48. The minimum atomic E-state index is -0.271. The molecule has 1 aromatic carbocycles. The number of oxime groups is 1. The van der Waals surface area contributed by atoms with Crippen LogP contribution in [0.3, 0.4) is 0 Å². The third-order valence-electron chi connectivity index (χ3n) is 2.11. The predicted molar refractivity (Wildman–Crippen MR) is 49.5 cm³/mol. The van der Waals surface area contributed by atoms with E-state index >= 15 is 0 Å². The van der Waals surface area contributed by atoms with Crippen LogP contribution in [0.4, 0.5) is 4.39 Å². The molecule has 0 saturated heterocycles. The number of nitrogens with zero attached hydrogens (tertiary/aromatic N) is 1. The summed E-state index contributed by atoms with van der Waals surface area (Å²) in [4.78, 5) is 4.94. The van der Waals surface area contributed by atoms with Crippen molar-refractivity contribution < 1.29 is 14.3 Å². The van der Waals surface area contributed by atoms with Crippen LogP contribution in [0.2, 0.25) is 0 Å². The van der Waals surface area contributed by atoms with Gasteiger partial charge in [-0.05, 0) is 17.7 Å². The van der Waals surface area contributed by atoms with E-state index in [-0.39, 0.29) is 18.5 Å². The average molecular weight is 195 g/mol. The first kappa shape index (κ1) is 9.15. The highest BCUT2D eigenvalue weighted by Crippen LogP contribution is 2.16. The second kappa shape index (κ2) is 3.75. The summed E-state index contributed by atoms with van der Waals surface area (Å²) >= 11 is 0. The fourth-order valence-corrected chi connectivity index (χ4v) is 1.34. The van der Waals surface area contributed by atoms with E-state index in [1.807, 2.05) is 0 Å². The normalized spacial score (nSPS) is 20.4. The van der Waals surface area contributed by atoms with Crippen molar-refractivity contribution >= 4 is 5.71 Å². The fraction of sp³-hybridized carbons (Fsp3) is 0.300. The molecule has 0 saturated carbocycles. The molecule has 0 amide bonds. The fourth-order valence-electron chi connectivity index (χ4n) is 1.34. The summed E-state index contributed by atoms with van der Waals surface area (Å²) in [7, 11) is 0. The molecule has 0 bridgehead atoms. The van der Waals surface area contributed by atoms with Gasteiger partial charge in [0.25, 0.3) is 0 Å². The Labute approximate surface area is 80.8 Å². The van der Waals surface area contributed by atoms with Crippen molar-refractivity contribution in [1.29, 1.82) is 0 Å². The van der Waals surface area contributed by atoms with Gasteiger partial charge in [0.2, 0.25) is 0 Å². The van der Waals surface area contributed by atoms with Gasteiger partial charge < -0.3 is 9.94 Å². The van der Waals surface area contributed by atoms with Gasteiger partial charge in [-0.2, -0.15) is 0 Å². The molecule has 74 valence electrons. The number of halogens is 1. The van der Waals surface area contributed by atoms with E-state index in [9.17, 15) is 4.39 Å². The maximum Gasteiger partial charge on any atom is 0.156 e. The van der Waals surface area contributed by atoms with Crippen LogP contribution in [0.5, 0.6) is 0 Å². The van der Waals surface area contributed by atoms with Gasteiger partial charge in [-0.15, -0.1) is 0 Å². The predicted octanol–water partition coefficient (Wildman–Crippen LogP) is 1.31. The van der Waals surface area contributed by atoms with E-state index in [0.717, 1.165) is 11.3 Å². The van der Waals surface area contributed by atoms with Crippen molar-refractivity contribution in [3.05, 3.63) is 35.6 Å². The van der Waals surface area contributed by atoms with Gasteiger partial charge in [0.15, 0.2) is 6.10 Å². The second-order valence-electron chi connectivity index (χ2n) is 3.16. The third-order valence-corrected chi connectivity index (χ3v) is 2.11. The van der Waals surface area contributed by atoms with Crippen LogP contribution in [-0.2, 0) is 4.84 Å². The number of aliphatic hydroxyl groups excluding tert-OH is 1. The van der Waals surface area contributed by atoms with Crippen LogP contribution in [-0.4, -0.2) is 23.5 Å². The minimum absolute atomic E-state index is 0.0474. The Hall–Kier alpha value is -1.42. The van der Waals surface area contributed by atoms with Crippen LogP contribution in [0.25, 0.3) is 0 Å². The van der Waals surface area contributed by atoms with E-state index in [0.29, 0.717) is 6.42 Å². The molecule has 4 heteroatoms. The summed E-state index contributed by atoms with van der Waals surface area (Å²) in [6, 6.07) is 6.06. The Morgan fingerprint density at radius 3 is 2.71 bits per heavy atom. The molecule has 0 spiro atoms. The van der Waals surface area contributed by atoms with E-state index in [1.54, 1.807) is 12.1 Å². The Morgan fingerprint density at radius 2 is 2.14 bits per heavy atom. The topological polar surface area (TPSA) is 41.8 Å². The smallest absolute Gasteiger partial charge is 0.156 e. The Morgan fingerprint density at radius 1 is 1.43 bits per heavy atom. The second-order valence-corrected chi connectivity index (χ2v) is 3.16. The maximum atomic E-state index is 12.6. The molecule has 1 heterocycles. The number of hydrogen-bond acceptors (Lipinski definition) is 3. The first-order chi connectivity index (χ1) is 6.79. The van der Waals surface area contributed by atoms with E-state index in [4.69, 9.17) is 9.94 Å². The average Bonchev–Trinajstić information content (AvgIpc) is 2.67. The summed E-state index contributed by atoms with van der Waals surface area (Å²) in [5, 5.41) is 12.6. The molecule has 1 aliphatic rings. The Bertz CT molecular complexity index is 348. The van der Waals surface area contributed by atoms with Crippen molar-refractivity contribution in [1.82, 2.24) is 0 Å². The van der Waals surface area contributed by atoms with Crippen molar-refractivity contribution in [2.24, 2.45) is 5.16 Å². The molecule has 1 aliphatic heterocycles. The number of benzene rings is 1. The molecule has 1 atom stereocenters. The van der Waals surface area contributed by atoms with Crippen LogP contribution in [0.1, 0.15) is 12.0 Å². The molecule has 14 heavy (non-hydrogen) atoms. The molecule has 0 fully saturated rings. The first-order valence-electron chi connectivity index (χ1n) is 4.39. The Kier molecular flexibility index (Phi) is 2.45. The van der Waals surface area contributed by atoms with E-state index in [2.05, 4.69) is 5.16 Å². The van der Waals surface area contributed by atoms with Gasteiger partial charge in [-0.1, -0.05) is 17.3 Å². The van der Waals surface area contributed by atoms with Crippen molar-refractivity contribution in [3.63, 3.8) is 0 Å². The quantitative estimate of drug-likeness (QED) is 0.773. The van der Waals surface area contributed by atoms with Crippen LogP contribution >= 0.6 is 0 Å². The zero-order chi connectivity index (χ0) is 9.97. The number of rotatable bonds is 2. The van der Waals surface area contributed by atoms with E-state index < -0.39 is 0 Å². The summed E-state index contributed by atoms with van der Waals surface area (Å²) in [6.45, 7) is -0.0474. The Balaban J connectivity index is 2.13. The lowest BCUT2D eigenvalue weighted by molar-refractivity contribution is 0.0390. The van der Waals surface area contributed by atoms with Crippen LogP contribution < -0.4 is 0 Å². The maximum absolute atomic E-state index is 12.6. The molecule has 1 unspecified atom stereocenters. The van der Waals surface area contributed by atoms with Gasteiger partial charge in [-0.25, -0.2) is 4.39 Å². The lowest BCUT2D eigenvalue weighted by Crippen LogP contribution is -2.12. The van der Waals surface area contributed by atoms with Crippen molar-refractivity contribution in [2.75, 3.05) is 6.61 Å².